The number of rotatable bonds is 5. The number of hydrogen-bond donors (Lipinski definition) is 2. The van der Waals surface area contributed by atoms with Crippen LogP contribution in [0, 0.1) is 0 Å². The topological polar surface area (TPSA) is 55.1 Å². The number of nitrogens with two attached hydrogens (primary N) is 1. The number of anilines is 1. The van der Waals surface area contributed by atoms with Crippen LogP contribution in [0.5, 0.6) is 0 Å². The van der Waals surface area contributed by atoms with E-state index in [1.165, 1.54) is 0 Å². The normalized spacial score (nSPS) is 12.4. The van der Waals surface area contributed by atoms with Gasteiger partial charge < -0.3 is 11.1 Å². The third kappa shape index (κ3) is 4.72. The van der Waals surface area contributed by atoms with E-state index in [2.05, 4.69) is 12.2 Å². The van der Waals surface area contributed by atoms with E-state index in [-0.39, 0.29) is 5.91 Å². The lowest BCUT2D eigenvalue weighted by molar-refractivity contribution is -0.112. The van der Waals surface area contributed by atoms with Gasteiger partial charge in [0.2, 0.25) is 0 Å². The van der Waals surface area contributed by atoms with Crippen molar-refractivity contribution in [2.24, 2.45) is 5.73 Å². The van der Waals surface area contributed by atoms with Crippen LogP contribution in [0.3, 0.4) is 0 Å². The zero-order valence-corrected chi connectivity index (χ0v) is 11.9. The van der Waals surface area contributed by atoms with Crippen molar-refractivity contribution < 1.29 is 4.79 Å². The molecule has 3 nitrogen and oxygen atoms in total. The maximum Gasteiger partial charge on any atom is 0.251 e. The van der Waals surface area contributed by atoms with Gasteiger partial charge in [-0.25, -0.2) is 0 Å². The van der Waals surface area contributed by atoms with Crippen LogP contribution in [0.25, 0.3) is 0 Å². The molecule has 1 aromatic rings. The van der Waals surface area contributed by atoms with Gasteiger partial charge in [0.15, 0.2) is 0 Å². The molecular weight excluding hydrogens is 236 g/mol. The van der Waals surface area contributed by atoms with Gasteiger partial charge in [-0.2, -0.15) is 0 Å². The molecular formula is C16H22N2O. The first-order valence-electron chi connectivity index (χ1n) is 6.52. The summed E-state index contributed by atoms with van der Waals surface area (Å²) in [6.45, 7) is 6.31. The second kappa shape index (κ2) is 7.54. The molecule has 0 radical (unpaired) electrons. The highest BCUT2D eigenvalue weighted by Gasteiger charge is 2.07. The Hall–Kier alpha value is -1.87. The largest absolute Gasteiger partial charge is 0.326 e. The number of amides is 1. The van der Waals surface area contributed by atoms with Crippen molar-refractivity contribution in [3.8, 4) is 0 Å². The van der Waals surface area contributed by atoms with Gasteiger partial charge >= 0.3 is 0 Å². The predicted molar refractivity (Wildman–Crippen MR) is 80.8 cm³/mol. The van der Waals surface area contributed by atoms with E-state index in [1.54, 1.807) is 0 Å². The molecule has 0 aromatic heterocycles. The van der Waals surface area contributed by atoms with Gasteiger partial charge in [0.25, 0.3) is 5.91 Å². The molecule has 1 aromatic carbocycles. The Morgan fingerprint density at radius 2 is 2.11 bits per heavy atom. The van der Waals surface area contributed by atoms with E-state index < -0.39 is 0 Å². The van der Waals surface area contributed by atoms with Gasteiger partial charge in [-0.05, 0) is 43.5 Å². The SMILES string of the molecule is CCC=CC(C)=C(C)C(=O)Nc1cccc(CN)c1. The first-order chi connectivity index (χ1) is 9.08. The van der Waals surface area contributed by atoms with Crippen molar-refractivity contribution in [2.75, 3.05) is 5.32 Å². The number of benzene rings is 1. The lowest BCUT2D eigenvalue weighted by Gasteiger charge is -2.08. The van der Waals surface area contributed by atoms with Gasteiger partial charge in [-0.1, -0.05) is 31.2 Å². The molecule has 0 unspecified atom stereocenters. The van der Waals surface area contributed by atoms with E-state index in [1.807, 2.05) is 50.3 Å². The van der Waals surface area contributed by atoms with Crippen molar-refractivity contribution in [1.29, 1.82) is 0 Å². The van der Waals surface area contributed by atoms with Gasteiger partial charge in [0.1, 0.15) is 0 Å². The lowest BCUT2D eigenvalue weighted by Crippen LogP contribution is -2.14. The molecule has 0 aliphatic heterocycles. The third-order valence-corrected chi connectivity index (χ3v) is 2.96. The summed E-state index contributed by atoms with van der Waals surface area (Å²) in [6.07, 6.45) is 4.98. The van der Waals surface area contributed by atoms with Crippen molar-refractivity contribution >= 4 is 11.6 Å². The van der Waals surface area contributed by atoms with E-state index in [0.29, 0.717) is 6.54 Å². The molecule has 0 aliphatic rings. The quantitative estimate of drug-likeness (QED) is 0.628. The van der Waals surface area contributed by atoms with Crippen LogP contribution >= 0.6 is 0 Å². The second-order valence-electron chi connectivity index (χ2n) is 4.48. The van der Waals surface area contributed by atoms with Gasteiger partial charge in [-0.3, -0.25) is 4.79 Å². The first kappa shape index (κ1) is 15.2. The molecule has 3 heteroatoms. The number of hydrogen-bond acceptors (Lipinski definition) is 2. The summed E-state index contributed by atoms with van der Waals surface area (Å²) < 4.78 is 0. The molecule has 3 N–H and O–H groups in total. The Morgan fingerprint density at radius 3 is 2.74 bits per heavy atom. The fraction of sp³-hybridized carbons (Fsp3) is 0.312. The molecule has 19 heavy (non-hydrogen) atoms. The molecule has 0 spiro atoms. The Balaban J connectivity index is 2.81. The zero-order valence-electron chi connectivity index (χ0n) is 11.9. The average molecular weight is 258 g/mol. The lowest BCUT2D eigenvalue weighted by atomic mass is 10.1. The molecule has 0 aliphatic carbocycles. The molecule has 0 saturated carbocycles. The van der Waals surface area contributed by atoms with Crippen molar-refractivity contribution in [1.82, 2.24) is 0 Å². The Morgan fingerprint density at radius 1 is 1.37 bits per heavy atom. The summed E-state index contributed by atoms with van der Waals surface area (Å²) in [7, 11) is 0. The maximum atomic E-state index is 12.1. The summed E-state index contributed by atoms with van der Waals surface area (Å²) in [5, 5.41) is 2.89. The standard InChI is InChI=1S/C16H22N2O/c1-4-5-7-12(2)13(3)16(19)18-15-9-6-8-14(10-15)11-17/h5-10H,4,11,17H2,1-3H3,(H,18,19). The molecule has 0 fully saturated rings. The second-order valence-corrected chi connectivity index (χ2v) is 4.48. The predicted octanol–water partition coefficient (Wildman–Crippen LogP) is 3.39. The van der Waals surface area contributed by atoms with Crippen molar-refractivity contribution in [3.05, 3.63) is 53.1 Å². The number of carbonyl (C=O) groups is 1. The van der Waals surface area contributed by atoms with Crippen LogP contribution in [0.2, 0.25) is 0 Å². The summed E-state index contributed by atoms with van der Waals surface area (Å²) in [4.78, 5) is 12.1. The highest BCUT2D eigenvalue weighted by molar-refractivity contribution is 6.04. The molecule has 1 amide bonds. The zero-order chi connectivity index (χ0) is 14.3. The van der Waals surface area contributed by atoms with Crippen LogP contribution in [-0.2, 0) is 11.3 Å². The third-order valence-electron chi connectivity index (χ3n) is 2.96. The minimum Gasteiger partial charge on any atom is -0.326 e. The molecule has 0 heterocycles. The Kier molecular flexibility index (Phi) is 6.03. The smallest absolute Gasteiger partial charge is 0.251 e. The van der Waals surface area contributed by atoms with Gasteiger partial charge in [-0.15, -0.1) is 0 Å². The average Bonchev–Trinajstić information content (AvgIpc) is 2.43. The minimum atomic E-state index is -0.0765. The van der Waals surface area contributed by atoms with Crippen LogP contribution in [0.15, 0.2) is 47.6 Å². The number of allylic oxidation sites excluding steroid dienone is 3. The van der Waals surface area contributed by atoms with Crippen LogP contribution in [0.1, 0.15) is 32.8 Å². The van der Waals surface area contributed by atoms with E-state index >= 15 is 0 Å². The van der Waals surface area contributed by atoms with Crippen LogP contribution < -0.4 is 11.1 Å². The molecule has 0 atom stereocenters. The van der Waals surface area contributed by atoms with Gasteiger partial charge in [0.05, 0.1) is 0 Å². The maximum absolute atomic E-state index is 12.1. The fourth-order valence-corrected chi connectivity index (χ4v) is 1.60. The molecule has 102 valence electrons. The van der Waals surface area contributed by atoms with Crippen LogP contribution in [0.4, 0.5) is 5.69 Å². The fourth-order valence-electron chi connectivity index (χ4n) is 1.60. The highest BCUT2D eigenvalue weighted by Crippen LogP contribution is 2.13. The van der Waals surface area contributed by atoms with Gasteiger partial charge in [0, 0.05) is 17.8 Å². The summed E-state index contributed by atoms with van der Waals surface area (Å²) in [5.41, 5.74) is 9.07. The summed E-state index contributed by atoms with van der Waals surface area (Å²) in [5.74, 6) is -0.0765. The summed E-state index contributed by atoms with van der Waals surface area (Å²) >= 11 is 0. The number of carbonyl (C=O) groups excluding carboxylic acids is 1. The van der Waals surface area contributed by atoms with E-state index in [9.17, 15) is 4.79 Å². The molecule has 1 rings (SSSR count). The first-order valence-corrected chi connectivity index (χ1v) is 6.52. The minimum absolute atomic E-state index is 0.0765. The van der Waals surface area contributed by atoms with Crippen molar-refractivity contribution in [3.63, 3.8) is 0 Å². The highest BCUT2D eigenvalue weighted by atomic mass is 16.1. The van der Waals surface area contributed by atoms with E-state index in [4.69, 9.17) is 5.73 Å². The monoisotopic (exact) mass is 258 g/mol. The molecule has 0 bridgehead atoms. The van der Waals surface area contributed by atoms with Crippen molar-refractivity contribution in [2.45, 2.75) is 33.7 Å². The molecule has 0 saturated heterocycles. The van der Waals surface area contributed by atoms with E-state index in [0.717, 1.165) is 28.8 Å². The number of nitrogens with one attached hydrogen (secondary N) is 1. The Labute approximate surface area is 115 Å². The summed E-state index contributed by atoms with van der Waals surface area (Å²) in [6, 6.07) is 7.58. The van der Waals surface area contributed by atoms with Crippen LogP contribution in [-0.4, -0.2) is 5.91 Å². The Bertz CT molecular complexity index is 501.